The van der Waals surface area contributed by atoms with Crippen molar-refractivity contribution in [1.29, 1.82) is 0 Å². The summed E-state index contributed by atoms with van der Waals surface area (Å²) < 4.78 is 112. The summed E-state index contributed by atoms with van der Waals surface area (Å²) in [5.41, 5.74) is -2.41. The number of nitrogens with one attached hydrogen (secondary N) is 2. The fraction of sp³-hybridized carbons (Fsp3) is 0.185. The SMILES string of the molecule is Cn1cc(-c2cc(NC(=O)c3cc(F)cc(C(F)(F)F)c3)c3c(c2)C(C(F)(F)F)NC3c2cc(F)ccc2Cl)cn1. The average Bonchev–Trinajstić information content (AvgIpc) is 3.48. The van der Waals surface area contributed by atoms with Crippen molar-refractivity contribution in [3.63, 3.8) is 0 Å². The van der Waals surface area contributed by atoms with Gasteiger partial charge >= 0.3 is 12.4 Å². The first-order chi connectivity index (χ1) is 19.1. The smallest absolute Gasteiger partial charge is 0.322 e. The molecule has 2 unspecified atom stereocenters. The molecule has 1 aliphatic heterocycles. The van der Waals surface area contributed by atoms with Gasteiger partial charge in [0.15, 0.2) is 0 Å². The Labute approximate surface area is 231 Å². The van der Waals surface area contributed by atoms with Crippen molar-refractivity contribution in [3.05, 3.63) is 105 Å². The van der Waals surface area contributed by atoms with Crippen molar-refractivity contribution in [2.45, 2.75) is 24.4 Å². The molecule has 1 aliphatic rings. The number of aryl methyl sites for hydroxylation is 1. The summed E-state index contributed by atoms with van der Waals surface area (Å²) >= 11 is 6.23. The number of alkyl halides is 6. The summed E-state index contributed by atoms with van der Waals surface area (Å²) in [4.78, 5) is 13.1. The first kappa shape index (κ1) is 28.6. The van der Waals surface area contributed by atoms with E-state index in [0.717, 1.165) is 18.2 Å². The highest BCUT2D eigenvalue weighted by Gasteiger charge is 2.49. The van der Waals surface area contributed by atoms with E-state index in [1.807, 2.05) is 0 Å². The highest BCUT2D eigenvalue weighted by atomic mass is 35.5. The Morgan fingerprint density at radius 2 is 1.68 bits per heavy atom. The number of anilines is 1. The zero-order valence-corrected chi connectivity index (χ0v) is 21.4. The van der Waals surface area contributed by atoms with E-state index in [9.17, 15) is 39.9 Å². The van der Waals surface area contributed by atoms with Gasteiger partial charge in [-0.2, -0.15) is 31.4 Å². The van der Waals surface area contributed by atoms with Gasteiger partial charge in [0.25, 0.3) is 5.91 Å². The molecule has 2 N–H and O–H groups in total. The monoisotopic (exact) mass is 600 g/mol. The Bertz CT molecular complexity index is 1660. The minimum Gasteiger partial charge on any atom is -0.322 e. The Morgan fingerprint density at radius 1 is 0.951 bits per heavy atom. The van der Waals surface area contributed by atoms with Crippen LogP contribution in [0.1, 0.15) is 44.7 Å². The predicted molar refractivity (Wildman–Crippen MR) is 133 cm³/mol. The lowest BCUT2D eigenvalue weighted by molar-refractivity contribution is -0.156. The highest BCUT2D eigenvalue weighted by molar-refractivity contribution is 6.31. The van der Waals surface area contributed by atoms with Crippen LogP contribution in [0.25, 0.3) is 11.1 Å². The maximum atomic E-state index is 14.3. The van der Waals surface area contributed by atoms with Crippen LogP contribution in [0, 0.1) is 11.6 Å². The molecule has 3 aromatic carbocycles. The minimum absolute atomic E-state index is 0.0746. The van der Waals surface area contributed by atoms with Gasteiger partial charge in [-0.3, -0.25) is 14.8 Å². The van der Waals surface area contributed by atoms with Crippen LogP contribution in [-0.2, 0) is 13.2 Å². The third kappa shape index (κ3) is 5.64. The molecule has 0 saturated heterocycles. The summed E-state index contributed by atoms with van der Waals surface area (Å²) in [7, 11) is 1.57. The number of benzene rings is 3. The number of halogens is 9. The Hall–Kier alpha value is -3.97. The summed E-state index contributed by atoms with van der Waals surface area (Å²) in [6.45, 7) is 0. The van der Waals surface area contributed by atoms with E-state index < -0.39 is 53.1 Å². The van der Waals surface area contributed by atoms with Gasteiger partial charge in [-0.15, -0.1) is 0 Å². The van der Waals surface area contributed by atoms with E-state index in [4.69, 9.17) is 11.6 Å². The van der Waals surface area contributed by atoms with Gasteiger partial charge in [0.2, 0.25) is 0 Å². The Balaban J connectivity index is 1.71. The lowest BCUT2D eigenvalue weighted by Gasteiger charge is -2.20. The van der Waals surface area contributed by atoms with Gasteiger partial charge in [0.1, 0.15) is 17.7 Å². The molecule has 0 radical (unpaired) electrons. The van der Waals surface area contributed by atoms with E-state index in [2.05, 4.69) is 15.7 Å². The van der Waals surface area contributed by atoms with Gasteiger partial charge in [-0.25, -0.2) is 8.78 Å². The summed E-state index contributed by atoms with van der Waals surface area (Å²) in [6, 6.07) is 3.14. The van der Waals surface area contributed by atoms with E-state index in [1.165, 1.54) is 29.2 Å². The number of hydrogen-bond acceptors (Lipinski definition) is 3. The highest BCUT2D eigenvalue weighted by Crippen LogP contribution is 2.50. The topological polar surface area (TPSA) is 59.0 Å². The van der Waals surface area contributed by atoms with Crippen molar-refractivity contribution < 1.29 is 39.9 Å². The molecule has 0 fully saturated rings. The third-order valence-corrected chi connectivity index (χ3v) is 6.86. The number of amides is 1. The number of carbonyl (C=O) groups excluding carboxylic acids is 1. The zero-order chi connectivity index (χ0) is 29.9. The van der Waals surface area contributed by atoms with Crippen LogP contribution >= 0.6 is 11.6 Å². The van der Waals surface area contributed by atoms with Gasteiger partial charge in [-0.05, 0) is 65.2 Å². The molecule has 0 spiro atoms. The first-order valence-corrected chi connectivity index (χ1v) is 12.1. The molecule has 14 heteroatoms. The van der Waals surface area contributed by atoms with Crippen molar-refractivity contribution >= 4 is 23.2 Å². The van der Waals surface area contributed by atoms with Crippen LogP contribution in [0.15, 0.2) is 60.9 Å². The van der Waals surface area contributed by atoms with Crippen molar-refractivity contribution in [2.75, 3.05) is 5.32 Å². The number of rotatable bonds is 4. The Kier molecular flexibility index (Phi) is 7.06. The molecule has 214 valence electrons. The minimum atomic E-state index is -4.97. The number of hydrogen-bond donors (Lipinski definition) is 2. The van der Waals surface area contributed by atoms with Crippen LogP contribution in [0.4, 0.5) is 40.8 Å². The lowest BCUT2D eigenvalue weighted by Crippen LogP contribution is -2.31. The van der Waals surface area contributed by atoms with Gasteiger partial charge < -0.3 is 5.32 Å². The van der Waals surface area contributed by atoms with E-state index in [-0.39, 0.29) is 39.0 Å². The zero-order valence-electron chi connectivity index (χ0n) is 20.6. The molecule has 1 amide bonds. The van der Waals surface area contributed by atoms with Crippen molar-refractivity contribution in [2.24, 2.45) is 7.05 Å². The number of carbonyl (C=O) groups is 1. The van der Waals surface area contributed by atoms with Crippen LogP contribution in [0.5, 0.6) is 0 Å². The number of fused-ring (bicyclic) bond motifs is 1. The van der Waals surface area contributed by atoms with E-state index in [1.54, 1.807) is 7.05 Å². The second-order valence-electron chi connectivity index (χ2n) is 9.35. The molecule has 41 heavy (non-hydrogen) atoms. The molecular weight excluding hydrogens is 584 g/mol. The Morgan fingerprint density at radius 3 is 2.32 bits per heavy atom. The standard InChI is InChI=1S/C27H17ClF8N4O/c1-40-11-14(10-37-40)12-6-19-22(23(39-24(19)27(34,35)36)18-9-16(29)2-3-20(18)28)21(7-12)38-25(41)13-4-15(26(31,32)33)8-17(30)5-13/h2-11,23-24,39H,1H3,(H,38,41). The summed E-state index contributed by atoms with van der Waals surface area (Å²) in [6.07, 6.45) is -6.97. The van der Waals surface area contributed by atoms with Crippen molar-refractivity contribution in [1.82, 2.24) is 15.1 Å². The fourth-order valence-electron chi connectivity index (χ4n) is 4.75. The normalized spacial score (nSPS) is 17.0. The molecule has 2 atom stereocenters. The number of nitrogens with zero attached hydrogens (tertiary/aromatic N) is 2. The summed E-state index contributed by atoms with van der Waals surface area (Å²) in [5.74, 6) is -3.36. The van der Waals surface area contributed by atoms with Crippen LogP contribution < -0.4 is 10.6 Å². The largest absolute Gasteiger partial charge is 0.416 e. The molecule has 0 saturated carbocycles. The quantitative estimate of drug-likeness (QED) is 0.237. The average molecular weight is 601 g/mol. The second kappa shape index (κ2) is 10.1. The van der Waals surface area contributed by atoms with Gasteiger partial charge in [-0.1, -0.05) is 11.6 Å². The van der Waals surface area contributed by atoms with E-state index in [0.29, 0.717) is 17.7 Å². The fourth-order valence-corrected chi connectivity index (χ4v) is 4.97. The number of aromatic nitrogens is 2. The van der Waals surface area contributed by atoms with Gasteiger partial charge in [0, 0.05) is 40.6 Å². The molecule has 1 aromatic heterocycles. The van der Waals surface area contributed by atoms with Gasteiger partial charge in [0.05, 0.1) is 17.8 Å². The molecule has 0 aliphatic carbocycles. The maximum Gasteiger partial charge on any atom is 0.416 e. The van der Waals surface area contributed by atoms with Crippen molar-refractivity contribution in [3.8, 4) is 11.1 Å². The van der Waals surface area contributed by atoms with Crippen LogP contribution in [-0.4, -0.2) is 21.9 Å². The molecule has 0 bridgehead atoms. The molecule has 5 nitrogen and oxygen atoms in total. The lowest BCUT2D eigenvalue weighted by atomic mass is 9.91. The second-order valence-corrected chi connectivity index (χ2v) is 9.76. The molecule has 5 rings (SSSR count). The van der Waals surface area contributed by atoms with Crippen LogP contribution in [0.2, 0.25) is 5.02 Å². The molecule has 2 heterocycles. The van der Waals surface area contributed by atoms with Crippen LogP contribution in [0.3, 0.4) is 0 Å². The first-order valence-electron chi connectivity index (χ1n) is 11.8. The van der Waals surface area contributed by atoms with E-state index >= 15 is 0 Å². The molecule has 4 aromatic rings. The third-order valence-electron chi connectivity index (χ3n) is 6.52. The maximum absolute atomic E-state index is 14.3. The molecular formula is C27H17ClF8N4O. The summed E-state index contributed by atoms with van der Waals surface area (Å²) in [5, 5.41) is 8.67. The predicted octanol–water partition coefficient (Wildman–Crippen LogP) is 7.59.